The lowest BCUT2D eigenvalue weighted by Gasteiger charge is -2.20. The van der Waals surface area contributed by atoms with Crippen LogP contribution in [0.5, 0.6) is 0 Å². The molecule has 0 aromatic heterocycles. The van der Waals surface area contributed by atoms with Gasteiger partial charge < -0.3 is 16.0 Å². The molecule has 0 aliphatic carbocycles. The van der Waals surface area contributed by atoms with E-state index in [0.717, 1.165) is 12.5 Å². The zero-order chi connectivity index (χ0) is 13.7. The fourth-order valence-corrected chi connectivity index (χ4v) is 1.51. The zero-order valence-corrected chi connectivity index (χ0v) is 10.5. The van der Waals surface area contributed by atoms with Gasteiger partial charge in [-0.2, -0.15) is 0 Å². The minimum atomic E-state index is -0.828. The van der Waals surface area contributed by atoms with E-state index in [9.17, 15) is 13.6 Å². The predicted octanol–water partition coefficient (Wildman–Crippen LogP) is 1.51. The molecule has 1 aromatic carbocycles. The number of nitrogens with two attached hydrogens (primary N) is 1. The van der Waals surface area contributed by atoms with Crippen molar-refractivity contribution in [2.75, 3.05) is 30.8 Å². The molecule has 1 aromatic rings. The first-order valence-electron chi connectivity index (χ1n) is 5.68. The van der Waals surface area contributed by atoms with Gasteiger partial charge in [-0.05, 0) is 12.5 Å². The van der Waals surface area contributed by atoms with Crippen molar-refractivity contribution >= 4 is 17.3 Å². The lowest BCUT2D eigenvalue weighted by Crippen LogP contribution is -2.35. The number of likely N-dealkylation sites (N-methyl/N-ethyl adjacent to an activating group) is 1. The van der Waals surface area contributed by atoms with Crippen LogP contribution in [-0.2, 0) is 4.79 Å². The summed E-state index contributed by atoms with van der Waals surface area (Å²) in [7, 11) is 1.55. The molecule has 0 fully saturated rings. The second kappa shape index (κ2) is 6.18. The Morgan fingerprint density at radius 3 is 2.72 bits per heavy atom. The summed E-state index contributed by atoms with van der Waals surface area (Å²) in [5, 5.41) is 2.67. The van der Waals surface area contributed by atoms with E-state index in [1.807, 2.05) is 6.92 Å². The maximum atomic E-state index is 13.2. The molecule has 0 saturated carbocycles. The van der Waals surface area contributed by atoms with Gasteiger partial charge in [0, 0.05) is 19.7 Å². The second-order valence-electron chi connectivity index (χ2n) is 4.03. The molecule has 4 nitrogen and oxygen atoms in total. The van der Waals surface area contributed by atoms with Crippen LogP contribution in [0.15, 0.2) is 12.1 Å². The molecular weight excluding hydrogens is 240 g/mol. The summed E-state index contributed by atoms with van der Waals surface area (Å²) in [4.78, 5) is 12.9. The summed E-state index contributed by atoms with van der Waals surface area (Å²) in [5.74, 6) is -1.77. The average Bonchev–Trinajstić information content (AvgIpc) is 2.30. The first-order valence-corrected chi connectivity index (χ1v) is 5.68. The molecule has 0 heterocycles. The number of nitrogens with one attached hydrogen (secondary N) is 1. The minimum Gasteiger partial charge on any atom is -0.395 e. The Morgan fingerprint density at radius 2 is 2.11 bits per heavy atom. The van der Waals surface area contributed by atoms with E-state index >= 15 is 0 Å². The van der Waals surface area contributed by atoms with Gasteiger partial charge in [0.05, 0.1) is 17.9 Å². The van der Waals surface area contributed by atoms with Crippen molar-refractivity contribution in [1.82, 2.24) is 5.32 Å². The first kappa shape index (κ1) is 14.2. The molecule has 0 atom stereocenters. The number of hydrogen-bond acceptors (Lipinski definition) is 3. The highest BCUT2D eigenvalue weighted by Gasteiger charge is 2.14. The van der Waals surface area contributed by atoms with Crippen LogP contribution in [0.4, 0.5) is 20.2 Å². The van der Waals surface area contributed by atoms with E-state index < -0.39 is 11.6 Å². The lowest BCUT2D eigenvalue weighted by atomic mass is 10.2. The van der Waals surface area contributed by atoms with Gasteiger partial charge in [-0.1, -0.05) is 6.92 Å². The third-order valence-electron chi connectivity index (χ3n) is 2.44. The van der Waals surface area contributed by atoms with Crippen molar-refractivity contribution in [3.05, 3.63) is 23.8 Å². The number of nitrogen functional groups attached to an aromatic ring is 1. The first-order chi connectivity index (χ1) is 8.45. The summed E-state index contributed by atoms with van der Waals surface area (Å²) >= 11 is 0. The summed E-state index contributed by atoms with van der Waals surface area (Å²) in [5.41, 5.74) is 5.51. The van der Waals surface area contributed by atoms with Gasteiger partial charge in [0.1, 0.15) is 5.82 Å². The van der Waals surface area contributed by atoms with Crippen LogP contribution in [0.2, 0.25) is 0 Å². The standard InChI is InChI=1S/C12H17F2N3O/c1-3-4-16-11(18)7-17(2)10-6-8(13)5-9(14)12(10)15/h5-6H,3-4,7,15H2,1-2H3,(H,16,18). The summed E-state index contributed by atoms with van der Waals surface area (Å²) in [6.45, 7) is 2.50. The number of amides is 1. The van der Waals surface area contributed by atoms with Gasteiger partial charge in [0.25, 0.3) is 0 Å². The Balaban J connectivity index is 2.78. The Labute approximate surface area is 105 Å². The van der Waals surface area contributed by atoms with E-state index in [4.69, 9.17) is 5.73 Å². The smallest absolute Gasteiger partial charge is 0.239 e. The summed E-state index contributed by atoms with van der Waals surface area (Å²) in [6.07, 6.45) is 0.826. The van der Waals surface area contributed by atoms with Crippen molar-refractivity contribution in [3.8, 4) is 0 Å². The average molecular weight is 257 g/mol. The molecular formula is C12H17F2N3O. The SMILES string of the molecule is CCCNC(=O)CN(C)c1cc(F)cc(F)c1N. The van der Waals surface area contributed by atoms with Crippen LogP contribution >= 0.6 is 0 Å². The lowest BCUT2D eigenvalue weighted by molar-refractivity contribution is -0.119. The fraction of sp³-hybridized carbons (Fsp3) is 0.417. The molecule has 0 spiro atoms. The largest absolute Gasteiger partial charge is 0.395 e. The number of carbonyl (C=O) groups excluding carboxylic acids is 1. The van der Waals surface area contributed by atoms with Gasteiger partial charge in [-0.3, -0.25) is 4.79 Å². The van der Waals surface area contributed by atoms with Crippen LogP contribution in [0.3, 0.4) is 0 Å². The molecule has 100 valence electrons. The van der Waals surface area contributed by atoms with Crippen LogP contribution in [0.25, 0.3) is 0 Å². The van der Waals surface area contributed by atoms with E-state index in [-0.39, 0.29) is 23.8 Å². The molecule has 0 bridgehead atoms. The van der Waals surface area contributed by atoms with Crippen molar-refractivity contribution in [1.29, 1.82) is 0 Å². The van der Waals surface area contributed by atoms with Crippen molar-refractivity contribution < 1.29 is 13.6 Å². The van der Waals surface area contributed by atoms with E-state index in [2.05, 4.69) is 5.32 Å². The minimum absolute atomic E-state index is 0.00685. The topological polar surface area (TPSA) is 58.4 Å². The highest BCUT2D eigenvalue weighted by molar-refractivity contribution is 5.82. The van der Waals surface area contributed by atoms with Crippen LogP contribution in [0.1, 0.15) is 13.3 Å². The monoisotopic (exact) mass is 257 g/mol. The number of nitrogens with zero attached hydrogens (tertiary/aromatic N) is 1. The van der Waals surface area contributed by atoms with Gasteiger partial charge in [-0.25, -0.2) is 8.78 Å². The van der Waals surface area contributed by atoms with E-state index in [1.54, 1.807) is 7.05 Å². The van der Waals surface area contributed by atoms with Crippen LogP contribution in [0, 0.1) is 11.6 Å². The summed E-state index contributed by atoms with van der Waals surface area (Å²) in [6, 6.07) is 1.81. The zero-order valence-electron chi connectivity index (χ0n) is 10.5. The number of carbonyl (C=O) groups is 1. The number of halogens is 2. The Bertz CT molecular complexity index is 438. The second-order valence-corrected chi connectivity index (χ2v) is 4.03. The number of rotatable bonds is 5. The molecule has 0 saturated heterocycles. The van der Waals surface area contributed by atoms with Crippen LogP contribution < -0.4 is 16.0 Å². The van der Waals surface area contributed by atoms with Crippen LogP contribution in [-0.4, -0.2) is 26.0 Å². The molecule has 0 radical (unpaired) electrons. The molecule has 0 aliphatic heterocycles. The van der Waals surface area contributed by atoms with Gasteiger partial charge in [-0.15, -0.1) is 0 Å². The fourth-order valence-electron chi connectivity index (χ4n) is 1.51. The number of hydrogen-bond donors (Lipinski definition) is 2. The molecule has 1 amide bonds. The maximum Gasteiger partial charge on any atom is 0.239 e. The van der Waals surface area contributed by atoms with Gasteiger partial charge in [0.2, 0.25) is 5.91 Å². The van der Waals surface area contributed by atoms with E-state index in [1.165, 1.54) is 4.90 Å². The molecule has 0 aliphatic rings. The molecule has 0 unspecified atom stereocenters. The third-order valence-corrected chi connectivity index (χ3v) is 2.44. The van der Waals surface area contributed by atoms with E-state index in [0.29, 0.717) is 12.6 Å². The van der Waals surface area contributed by atoms with Crippen molar-refractivity contribution in [2.24, 2.45) is 0 Å². The highest BCUT2D eigenvalue weighted by Crippen LogP contribution is 2.26. The molecule has 3 N–H and O–H groups in total. The Hall–Kier alpha value is -1.85. The Morgan fingerprint density at radius 1 is 1.44 bits per heavy atom. The Kier molecular flexibility index (Phi) is 4.88. The molecule has 18 heavy (non-hydrogen) atoms. The van der Waals surface area contributed by atoms with Crippen molar-refractivity contribution in [3.63, 3.8) is 0 Å². The highest BCUT2D eigenvalue weighted by atomic mass is 19.1. The van der Waals surface area contributed by atoms with Crippen molar-refractivity contribution in [2.45, 2.75) is 13.3 Å². The predicted molar refractivity (Wildman–Crippen MR) is 67.3 cm³/mol. The number of benzene rings is 1. The third kappa shape index (κ3) is 3.58. The normalized spacial score (nSPS) is 10.2. The quantitative estimate of drug-likeness (QED) is 0.786. The molecule has 1 rings (SSSR count). The van der Waals surface area contributed by atoms with Gasteiger partial charge in [0.15, 0.2) is 5.82 Å². The summed E-state index contributed by atoms with van der Waals surface area (Å²) < 4.78 is 26.3. The number of anilines is 2. The van der Waals surface area contributed by atoms with Gasteiger partial charge >= 0.3 is 0 Å². The molecule has 6 heteroatoms. The maximum absolute atomic E-state index is 13.2.